The van der Waals surface area contributed by atoms with Crippen LogP contribution < -0.4 is 24.3 Å². The van der Waals surface area contributed by atoms with Gasteiger partial charge in [-0.2, -0.15) is 0 Å². The van der Waals surface area contributed by atoms with E-state index in [0.29, 0.717) is 28.6 Å². The van der Waals surface area contributed by atoms with Crippen LogP contribution in [0.4, 0.5) is 0 Å². The lowest BCUT2D eigenvalue weighted by atomic mass is 9.94. The van der Waals surface area contributed by atoms with Crippen LogP contribution in [-0.4, -0.2) is 49.7 Å². The van der Waals surface area contributed by atoms with Crippen LogP contribution in [0.3, 0.4) is 0 Å². The first-order valence-electron chi connectivity index (χ1n) is 13.8. The van der Waals surface area contributed by atoms with E-state index in [0.717, 1.165) is 31.2 Å². The highest BCUT2D eigenvalue weighted by molar-refractivity contribution is 5.91. The summed E-state index contributed by atoms with van der Waals surface area (Å²) in [5, 5.41) is 3.25. The van der Waals surface area contributed by atoms with Crippen LogP contribution in [0.15, 0.2) is 72.8 Å². The lowest BCUT2D eigenvalue weighted by Crippen LogP contribution is -2.52. The van der Waals surface area contributed by atoms with Gasteiger partial charge in [0.05, 0.1) is 14.2 Å². The van der Waals surface area contributed by atoms with Crippen molar-refractivity contribution in [1.29, 1.82) is 0 Å². The van der Waals surface area contributed by atoms with Gasteiger partial charge in [-0.15, -0.1) is 0 Å². The van der Waals surface area contributed by atoms with Gasteiger partial charge in [0.2, 0.25) is 12.0 Å². The molecule has 0 aromatic heterocycles. The van der Waals surface area contributed by atoms with E-state index in [1.54, 1.807) is 37.3 Å². The van der Waals surface area contributed by atoms with Crippen molar-refractivity contribution in [3.05, 3.63) is 83.9 Å². The smallest absolute Gasteiger partial charge is 0.268 e. The largest absolute Gasteiger partial charge is 0.493 e. The Morgan fingerprint density at radius 1 is 0.900 bits per heavy atom. The first kappa shape index (κ1) is 27.4. The number of fused-ring (bicyclic) bond motifs is 1. The Kier molecular flexibility index (Phi) is 8.74. The van der Waals surface area contributed by atoms with Gasteiger partial charge in [0.1, 0.15) is 12.6 Å². The molecule has 1 heterocycles. The number of para-hydroxylation sites is 2. The van der Waals surface area contributed by atoms with Gasteiger partial charge in [0.25, 0.3) is 5.91 Å². The van der Waals surface area contributed by atoms with Crippen LogP contribution in [0.5, 0.6) is 23.0 Å². The highest BCUT2D eigenvalue weighted by Gasteiger charge is 2.39. The van der Waals surface area contributed by atoms with Gasteiger partial charge in [-0.25, -0.2) is 0 Å². The standard InChI is InChI=1S/C32H36N2O6/c1-37-25-18-17-23(19-28(25)38-2)30(31(35)33-24-13-7-4-8-14-24)34(20-22-11-5-3-6-12-22)32(36)29-21-39-26-15-9-10-16-27(26)40-29/h3,5-6,9-12,15-19,24,29-30H,4,7-8,13-14,20-21H2,1-2H3,(H,33,35)/t29-,30+/m1/s1. The molecule has 5 rings (SSSR count). The second-order valence-electron chi connectivity index (χ2n) is 10.2. The number of carbonyl (C=O) groups is 2. The van der Waals surface area contributed by atoms with Gasteiger partial charge in [-0.3, -0.25) is 9.59 Å². The fraction of sp³-hybridized carbons (Fsp3) is 0.375. The third-order valence-corrected chi connectivity index (χ3v) is 7.50. The molecule has 0 saturated heterocycles. The highest BCUT2D eigenvalue weighted by Crippen LogP contribution is 2.36. The Balaban J connectivity index is 1.54. The molecule has 1 aliphatic heterocycles. The zero-order valence-electron chi connectivity index (χ0n) is 23.0. The van der Waals surface area contributed by atoms with Crippen LogP contribution in [0, 0.1) is 0 Å². The minimum Gasteiger partial charge on any atom is -0.493 e. The highest BCUT2D eigenvalue weighted by atomic mass is 16.6. The van der Waals surface area contributed by atoms with Crippen LogP contribution in [0.1, 0.15) is 49.3 Å². The van der Waals surface area contributed by atoms with Gasteiger partial charge in [0, 0.05) is 12.6 Å². The van der Waals surface area contributed by atoms with Crippen molar-refractivity contribution in [2.75, 3.05) is 20.8 Å². The van der Waals surface area contributed by atoms with Crippen molar-refractivity contribution in [2.45, 2.75) is 56.8 Å². The van der Waals surface area contributed by atoms with E-state index in [-0.39, 0.29) is 31.0 Å². The molecule has 3 aromatic rings. The van der Waals surface area contributed by atoms with Crippen molar-refractivity contribution >= 4 is 11.8 Å². The van der Waals surface area contributed by atoms with E-state index >= 15 is 0 Å². The number of hydrogen-bond acceptors (Lipinski definition) is 6. The predicted octanol–water partition coefficient (Wildman–Crippen LogP) is 5.06. The van der Waals surface area contributed by atoms with Crippen molar-refractivity contribution in [1.82, 2.24) is 10.2 Å². The molecule has 2 amide bonds. The lowest BCUT2D eigenvalue weighted by molar-refractivity contribution is -0.149. The minimum atomic E-state index is -0.935. The zero-order valence-corrected chi connectivity index (χ0v) is 23.0. The second-order valence-corrected chi connectivity index (χ2v) is 10.2. The topological polar surface area (TPSA) is 86.3 Å². The summed E-state index contributed by atoms with van der Waals surface area (Å²) >= 11 is 0. The molecule has 8 nitrogen and oxygen atoms in total. The summed E-state index contributed by atoms with van der Waals surface area (Å²) in [5.41, 5.74) is 1.51. The average molecular weight is 545 g/mol. The molecule has 210 valence electrons. The number of nitrogens with zero attached hydrogens (tertiary/aromatic N) is 1. The van der Waals surface area contributed by atoms with Gasteiger partial charge < -0.3 is 29.2 Å². The summed E-state index contributed by atoms with van der Waals surface area (Å²) in [6, 6.07) is 21.4. The van der Waals surface area contributed by atoms with E-state index in [1.165, 1.54) is 6.42 Å². The molecule has 40 heavy (non-hydrogen) atoms. The monoisotopic (exact) mass is 544 g/mol. The predicted molar refractivity (Wildman–Crippen MR) is 151 cm³/mol. The normalized spacial score (nSPS) is 17.4. The zero-order chi connectivity index (χ0) is 27.9. The van der Waals surface area contributed by atoms with Crippen molar-refractivity contribution in [3.63, 3.8) is 0 Å². The molecule has 0 radical (unpaired) electrons. The minimum absolute atomic E-state index is 0.0457. The fourth-order valence-corrected chi connectivity index (χ4v) is 5.43. The molecule has 0 unspecified atom stereocenters. The first-order valence-corrected chi connectivity index (χ1v) is 13.8. The van der Waals surface area contributed by atoms with E-state index in [1.807, 2.05) is 54.6 Å². The molecular weight excluding hydrogens is 508 g/mol. The van der Waals surface area contributed by atoms with Gasteiger partial charge in [-0.05, 0) is 48.2 Å². The summed E-state index contributed by atoms with van der Waals surface area (Å²) in [6.07, 6.45) is 4.26. The number of rotatable bonds is 9. The average Bonchev–Trinajstić information content (AvgIpc) is 3.01. The number of hydrogen-bond donors (Lipinski definition) is 1. The number of nitrogens with one attached hydrogen (secondary N) is 1. The van der Waals surface area contributed by atoms with Gasteiger partial charge in [0.15, 0.2) is 23.0 Å². The molecule has 2 atom stereocenters. The Labute approximate surface area is 235 Å². The molecule has 0 bridgehead atoms. The number of amides is 2. The molecule has 0 spiro atoms. The number of methoxy groups -OCH3 is 2. The van der Waals surface area contributed by atoms with Crippen molar-refractivity contribution < 1.29 is 28.5 Å². The summed E-state index contributed by atoms with van der Waals surface area (Å²) in [7, 11) is 3.12. The van der Waals surface area contributed by atoms with E-state index in [2.05, 4.69) is 5.32 Å². The first-order chi connectivity index (χ1) is 19.6. The third-order valence-electron chi connectivity index (χ3n) is 7.50. The summed E-state index contributed by atoms with van der Waals surface area (Å²) in [5.74, 6) is 1.54. The Hall–Kier alpha value is -4.20. The maximum absolute atomic E-state index is 14.3. The summed E-state index contributed by atoms with van der Waals surface area (Å²) in [4.78, 5) is 30.0. The lowest BCUT2D eigenvalue weighted by Gasteiger charge is -2.36. The Morgan fingerprint density at radius 2 is 1.60 bits per heavy atom. The second kappa shape index (κ2) is 12.8. The SMILES string of the molecule is COc1ccc([C@@H](C(=O)NC2CCCCC2)N(Cc2ccccc2)C(=O)[C@H]2COc3ccccc3O2)cc1OC. The van der Waals surface area contributed by atoms with E-state index in [9.17, 15) is 9.59 Å². The summed E-state index contributed by atoms with van der Waals surface area (Å²) < 4.78 is 23.0. The van der Waals surface area contributed by atoms with Gasteiger partial charge >= 0.3 is 0 Å². The van der Waals surface area contributed by atoms with E-state index in [4.69, 9.17) is 18.9 Å². The molecule has 1 aliphatic carbocycles. The number of ether oxygens (including phenoxy) is 4. The fourth-order valence-electron chi connectivity index (χ4n) is 5.43. The van der Waals surface area contributed by atoms with Crippen LogP contribution >= 0.6 is 0 Å². The molecule has 1 fully saturated rings. The maximum Gasteiger partial charge on any atom is 0.268 e. The quantitative estimate of drug-likeness (QED) is 0.405. The molecular formula is C32H36N2O6. The van der Waals surface area contributed by atoms with Crippen molar-refractivity contribution in [2.24, 2.45) is 0 Å². The molecule has 3 aromatic carbocycles. The van der Waals surface area contributed by atoms with Crippen LogP contribution in [0.2, 0.25) is 0 Å². The molecule has 8 heteroatoms. The molecule has 1 saturated carbocycles. The van der Waals surface area contributed by atoms with Gasteiger partial charge in [-0.1, -0.05) is 67.8 Å². The van der Waals surface area contributed by atoms with E-state index < -0.39 is 12.1 Å². The maximum atomic E-state index is 14.3. The number of carbonyl (C=O) groups excluding carboxylic acids is 2. The molecule has 1 N–H and O–H groups in total. The third kappa shape index (κ3) is 6.17. The Morgan fingerprint density at radius 3 is 2.33 bits per heavy atom. The Bertz CT molecular complexity index is 1310. The number of benzene rings is 3. The molecule has 2 aliphatic rings. The summed E-state index contributed by atoms with van der Waals surface area (Å²) in [6.45, 7) is 0.252. The van der Waals surface area contributed by atoms with Crippen molar-refractivity contribution in [3.8, 4) is 23.0 Å². The van der Waals surface area contributed by atoms with Crippen LogP contribution in [0.25, 0.3) is 0 Å². The van der Waals surface area contributed by atoms with Crippen LogP contribution in [-0.2, 0) is 16.1 Å².